The highest BCUT2D eigenvalue weighted by Gasteiger charge is 2.56. The van der Waals surface area contributed by atoms with Gasteiger partial charge in [0.2, 0.25) is 0 Å². The summed E-state index contributed by atoms with van der Waals surface area (Å²) >= 11 is 0. The normalized spacial score (nSPS) is 18.2. The van der Waals surface area contributed by atoms with Crippen molar-refractivity contribution in [3.8, 4) is 0 Å². The molecule has 164 valence electrons. The van der Waals surface area contributed by atoms with Crippen LogP contribution in [0.15, 0.2) is 0 Å². The molecule has 0 radical (unpaired) electrons. The summed E-state index contributed by atoms with van der Waals surface area (Å²) in [7, 11) is -12.3. The van der Waals surface area contributed by atoms with Gasteiger partial charge < -0.3 is 20.6 Å². The first-order chi connectivity index (χ1) is 12.2. The van der Waals surface area contributed by atoms with Crippen LogP contribution in [0.2, 0.25) is 78.6 Å². The van der Waals surface area contributed by atoms with Crippen LogP contribution in [0.3, 0.4) is 0 Å². The van der Waals surface area contributed by atoms with E-state index >= 15 is 0 Å². The Balaban J connectivity index is 6.12. The summed E-state index contributed by atoms with van der Waals surface area (Å²) in [5.41, 5.74) is 0. The lowest BCUT2D eigenvalue weighted by molar-refractivity contribution is 0.541. The quantitative estimate of drug-likeness (QED) is 0.289. The molecule has 0 fully saturated rings. The van der Waals surface area contributed by atoms with Gasteiger partial charge in [-0.25, -0.2) is 0 Å². The molecule has 0 unspecified atom stereocenters. The van der Waals surface area contributed by atoms with Crippen LogP contribution in [-0.4, -0.2) is 86.5 Å². The van der Waals surface area contributed by atoms with Crippen molar-refractivity contribution in [2.24, 2.45) is 0 Å². The predicted octanol–water partition coefficient (Wildman–Crippen LogP) is 0.179. The monoisotopic (exact) mass is 550 g/mol. The van der Waals surface area contributed by atoms with Crippen LogP contribution in [0.4, 0.5) is 0 Å². The topological polar surface area (TPSA) is 46.2 Å². The van der Waals surface area contributed by atoms with Crippen molar-refractivity contribution < 1.29 is 20.6 Å². The van der Waals surface area contributed by atoms with Gasteiger partial charge >= 0.3 is 0 Å². The van der Waals surface area contributed by atoms with Crippen molar-refractivity contribution in [3.63, 3.8) is 0 Å². The van der Waals surface area contributed by atoms with E-state index in [9.17, 15) is 0 Å². The number of hydrogen-bond donors (Lipinski definition) is 0. The fourth-order valence-corrected chi connectivity index (χ4v) is 110. The fourth-order valence-electron chi connectivity index (χ4n) is 4.26. The molecule has 0 saturated heterocycles. The van der Waals surface area contributed by atoms with Crippen LogP contribution in [0.5, 0.6) is 0 Å². The van der Waals surface area contributed by atoms with Crippen molar-refractivity contribution in [1.82, 2.24) is 0 Å². The molecule has 0 aliphatic rings. The van der Waals surface area contributed by atoms with Crippen molar-refractivity contribution >= 4 is 86.5 Å². The van der Waals surface area contributed by atoms with E-state index in [0.717, 1.165) is 0 Å². The van der Waals surface area contributed by atoms with Gasteiger partial charge in [0.05, 0.1) is 0 Å². The van der Waals surface area contributed by atoms with Crippen LogP contribution in [0, 0.1) is 0 Å². The van der Waals surface area contributed by atoms with E-state index in [0.29, 0.717) is 0 Å². The zero-order valence-corrected chi connectivity index (χ0v) is 32.0. The zero-order chi connectivity index (χ0) is 21.5. The Labute approximate surface area is 184 Å². The van der Waals surface area contributed by atoms with Crippen LogP contribution >= 0.6 is 0 Å². The molecule has 0 atom stereocenters. The lowest BCUT2D eigenvalue weighted by atomic mass is 11.9. The Morgan fingerprint density at radius 3 is 0.778 bits per heavy atom. The van der Waals surface area contributed by atoms with Crippen molar-refractivity contribution in [1.29, 1.82) is 0 Å². The van der Waals surface area contributed by atoms with Gasteiger partial charge in [0.25, 0.3) is 0 Å². The molecule has 0 aromatic rings. The lowest BCUT2D eigenvalue weighted by Crippen LogP contribution is -2.75. The molecule has 0 saturated carbocycles. The van der Waals surface area contributed by atoms with Crippen molar-refractivity contribution in [3.05, 3.63) is 0 Å². The van der Waals surface area contributed by atoms with Gasteiger partial charge in [-0.1, -0.05) is 26.2 Å². The van der Waals surface area contributed by atoms with Crippen LogP contribution in [0.1, 0.15) is 0 Å². The van der Waals surface area contributed by atoms with Crippen LogP contribution in [-0.2, 0) is 20.6 Å². The van der Waals surface area contributed by atoms with Crippen LogP contribution < -0.4 is 0 Å². The van der Waals surface area contributed by atoms with Gasteiger partial charge in [0.1, 0.15) is 39.1 Å². The molecule has 0 rings (SSSR count). The summed E-state index contributed by atoms with van der Waals surface area (Å²) in [4.78, 5) is 0. The first-order valence-corrected chi connectivity index (χ1v) is 38.2. The van der Waals surface area contributed by atoms with Crippen molar-refractivity contribution in [2.75, 3.05) is 0 Å². The Morgan fingerprint density at radius 2 is 0.630 bits per heavy atom. The van der Waals surface area contributed by atoms with E-state index in [4.69, 9.17) is 20.6 Å². The molecule has 0 aliphatic heterocycles. The largest absolute Gasteiger partial charge is 0.461 e. The lowest BCUT2D eigenvalue weighted by Gasteiger charge is -2.47. The molecule has 15 heteroatoms. The highest BCUT2D eigenvalue weighted by molar-refractivity contribution is 7.62. The summed E-state index contributed by atoms with van der Waals surface area (Å²) in [6, 6.07) is 0. The second-order valence-corrected chi connectivity index (χ2v) is 57.8. The minimum absolute atomic E-state index is 0.443. The number of hydrogen-bond acceptors (Lipinski definition) is 5. The van der Waals surface area contributed by atoms with E-state index in [1.54, 1.807) is 0 Å². The average molecular weight is 551 g/mol. The van der Waals surface area contributed by atoms with Gasteiger partial charge in [0, 0.05) is 0 Å². The van der Waals surface area contributed by atoms with E-state index in [1.807, 2.05) is 0 Å². The smallest absolute Gasteiger partial charge is 0.199 e. The minimum Gasteiger partial charge on any atom is -0.461 e. The predicted molar refractivity (Wildman–Crippen MR) is 147 cm³/mol. The molecule has 27 heavy (non-hydrogen) atoms. The second-order valence-electron chi connectivity index (χ2n) is 9.04. The van der Waals surface area contributed by atoms with Crippen molar-refractivity contribution in [2.45, 2.75) is 78.6 Å². The summed E-state index contributed by atoms with van der Waals surface area (Å²) < 4.78 is 33.6. The van der Waals surface area contributed by atoms with Gasteiger partial charge in [0.15, 0.2) is 47.5 Å². The highest BCUT2D eigenvalue weighted by Crippen LogP contribution is 2.28. The molecular weight excluding hydrogens is 505 g/mol. The molecule has 0 spiro atoms. The summed E-state index contributed by atoms with van der Waals surface area (Å²) in [5, 5.41) is 0. The molecule has 0 aromatic carbocycles. The first-order valence-electron chi connectivity index (χ1n) is 10.4. The van der Waals surface area contributed by atoms with Gasteiger partial charge in [-0.2, -0.15) is 0 Å². The fraction of sp³-hybridized carbons (Fsp3) is 1.00. The molecule has 0 bridgehead atoms. The van der Waals surface area contributed by atoms with Gasteiger partial charge in [-0.15, -0.1) is 0 Å². The molecule has 5 nitrogen and oxygen atoms in total. The second kappa shape index (κ2) is 12.1. The maximum atomic E-state index is 7.43. The molecular formula is C12H46O5Si10. The molecule has 0 N–H and O–H groups in total. The zero-order valence-electron chi connectivity index (χ0n) is 20.0. The third-order valence-corrected chi connectivity index (χ3v) is 79.7. The Hall–Kier alpha value is 1.97. The highest BCUT2D eigenvalue weighted by atomic mass is 29.7. The SMILES string of the molecule is C[SiH2]O[Si](C)(C)[SiH](O[SiH]([Si](C)(C)O[SiH2]C)[Si](C)(C)O[SiH2]C)[Si](C)(C)O[SiH2]C. The summed E-state index contributed by atoms with van der Waals surface area (Å²) in [5.74, 6) is 0. The number of rotatable bonds is 14. The molecule has 0 heterocycles. The van der Waals surface area contributed by atoms with Gasteiger partial charge in [-0.05, 0) is 52.4 Å². The first kappa shape index (κ1) is 29.0. The van der Waals surface area contributed by atoms with E-state index < -0.39 is 86.5 Å². The maximum absolute atomic E-state index is 7.43. The van der Waals surface area contributed by atoms with Gasteiger partial charge in [-0.3, -0.25) is 0 Å². The Kier molecular flexibility index (Phi) is 13.0. The van der Waals surface area contributed by atoms with Crippen LogP contribution in [0.25, 0.3) is 0 Å². The molecule has 0 aromatic heterocycles. The molecule has 0 aliphatic carbocycles. The van der Waals surface area contributed by atoms with E-state index in [2.05, 4.69) is 78.6 Å². The Bertz CT molecular complexity index is 363. The molecule has 0 amide bonds. The third-order valence-electron chi connectivity index (χ3n) is 4.86. The summed E-state index contributed by atoms with van der Waals surface area (Å²) in [6.07, 6.45) is 0. The van der Waals surface area contributed by atoms with E-state index in [-0.39, 0.29) is 0 Å². The standard InChI is InChI=1S/C12H46O5Si10/c1-18-13-24(5,6)22(25(7,8)14-19-2)17-23(26(9,10)15-20-3)27(11,12)16-21-4/h22-23H,18-21H2,1-12H3. The van der Waals surface area contributed by atoms with E-state index in [1.165, 1.54) is 0 Å². The third kappa shape index (κ3) is 8.93. The minimum atomic E-state index is -1.84. The Morgan fingerprint density at radius 1 is 0.444 bits per heavy atom. The summed E-state index contributed by atoms with van der Waals surface area (Å²) in [6.45, 7) is 28.3. The maximum Gasteiger partial charge on any atom is 0.199 e. The average Bonchev–Trinajstić information content (AvgIpc) is 2.45.